The Balaban J connectivity index is 1.91. The van der Waals surface area contributed by atoms with Gasteiger partial charge in [-0.25, -0.2) is 9.78 Å². The van der Waals surface area contributed by atoms with Crippen molar-refractivity contribution in [3.8, 4) is 0 Å². The molecule has 0 radical (unpaired) electrons. The zero-order valence-electron chi connectivity index (χ0n) is 9.85. The Labute approximate surface area is 104 Å². The van der Waals surface area contributed by atoms with Crippen molar-refractivity contribution in [3.63, 3.8) is 0 Å². The lowest BCUT2D eigenvalue weighted by Crippen LogP contribution is -2.44. The molecule has 0 aliphatic carbocycles. The van der Waals surface area contributed by atoms with Gasteiger partial charge in [-0.15, -0.1) is 11.3 Å². The van der Waals surface area contributed by atoms with Crippen molar-refractivity contribution < 1.29 is 9.90 Å². The number of likely N-dealkylation sites (tertiary alicyclic amines) is 1. The molecule has 1 aromatic rings. The second-order valence-electron chi connectivity index (χ2n) is 4.17. The highest BCUT2D eigenvalue weighted by atomic mass is 32.1. The molecule has 2 amide bonds. The molecule has 0 bridgehead atoms. The average Bonchev–Trinajstić information content (AvgIpc) is 2.77. The zero-order valence-corrected chi connectivity index (χ0v) is 10.7. The van der Waals surface area contributed by atoms with Crippen molar-refractivity contribution in [2.24, 2.45) is 0 Å². The standard InChI is InChI=1S/C11H17N3O2S/c1-2-8-7-17-10(12-8)13-11(16)14-5-3-4-9(15)6-14/h7,9,15H,2-6H2,1H3,(H,12,13,16). The molecule has 94 valence electrons. The number of hydrogen-bond donors (Lipinski definition) is 2. The van der Waals surface area contributed by atoms with Gasteiger partial charge >= 0.3 is 6.03 Å². The minimum Gasteiger partial charge on any atom is -0.391 e. The molecule has 5 nitrogen and oxygen atoms in total. The van der Waals surface area contributed by atoms with Crippen molar-refractivity contribution in [1.82, 2.24) is 9.88 Å². The Kier molecular flexibility index (Phi) is 3.96. The van der Waals surface area contributed by atoms with Crippen molar-refractivity contribution in [2.45, 2.75) is 32.3 Å². The molecule has 0 aromatic carbocycles. The molecule has 1 atom stereocenters. The number of urea groups is 1. The molecular formula is C11H17N3O2S. The van der Waals surface area contributed by atoms with Crippen LogP contribution in [0.25, 0.3) is 0 Å². The number of nitrogens with zero attached hydrogens (tertiary/aromatic N) is 2. The van der Waals surface area contributed by atoms with Gasteiger partial charge in [0, 0.05) is 18.5 Å². The smallest absolute Gasteiger partial charge is 0.323 e. The van der Waals surface area contributed by atoms with Gasteiger partial charge in [0.1, 0.15) is 0 Å². The summed E-state index contributed by atoms with van der Waals surface area (Å²) in [4.78, 5) is 17.8. The predicted molar refractivity (Wildman–Crippen MR) is 67.3 cm³/mol. The number of aryl methyl sites for hydroxylation is 1. The maximum Gasteiger partial charge on any atom is 0.323 e. The molecule has 17 heavy (non-hydrogen) atoms. The molecule has 6 heteroatoms. The maximum atomic E-state index is 11.9. The minimum absolute atomic E-state index is 0.166. The molecule has 2 heterocycles. The van der Waals surface area contributed by atoms with Gasteiger partial charge in [-0.1, -0.05) is 6.92 Å². The molecule has 1 unspecified atom stereocenters. The molecule has 0 saturated carbocycles. The third kappa shape index (κ3) is 3.17. The Morgan fingerprint density at radius 3 is 3.24 bits per heavy atom. The van der Waals surface area contributed by atoms with Gasteiger partial charge in [0.25, 0.3) is 0 Å². The monoisotopic (exact) mass is 255 g/mol. The molecule has 1 aromatic heterocycles. The van der Waals surface area contributed by atoms with Crippen LogP contribution in [0.3, 0.4) is 0 Å². The molecular weight excluding hydrogens is 238 g/mol. The summed E-state index contributed by atoms with van der Waals surface area (Å²) in [6, 6.07) is -0.166. The third-order valence-corrected chi connectivity index (χ3v) is 3.62. The number of thiazole rings is 1. The molecule has 0 spiro atoms. The number of carbonyl (C=O) groups excluding carboxylic acids is 1. The number of β-amino-alcohol motifs (C(OH)–C–C–N with tert-alkyl or cyclic N) is 1. The van der Waals surface area contributed by atoms with Crippen molar-refractivity contribution in [1.29, 1.82) is 0 Å². The van der Waals surface area contributed by atoms with E-state index < -0.39 is 6.10 Å². The highest BCUT2D eigenvalue weighted by Gasteiger charge is 2.22. The summed E-state index contributed by atoms with van der Waals surface area (Å²) in [6.07, 6.45) is 2.11. The lowest BCUT2D eigenvalue weighted by atomic mass is 10.1. The Morgan fingerprint density at radius 2 is 2.59 bits per heavy atom. The van der Waals surface area contributed by atoms with Gasteiger partial charge in [0.15, 0.2) is 5.13 Å². The summed E-state index contributed by atoms with van der Waals surface area (Å²) in [6.45, 7) is 3.15. The number of aromatic nitrogens is 1. The number of rotatable bonds is 2. The van der Waals surface area contributed by atoms with E-state index in [0.717, 1.165) is 25.0 Å². The first kappa shape index (κ1) is 12.3. The van der Waals surface area contributed by atoms with Crippen LogP contribution in [0.5, 0.6) is 0 Å². The molecule has 2 rings (SSSR count). The largest absolute Gasteiger partial charge is 0.391 e. The van der Waals surface area contributed by atoms with Crippen LogP contribution in [0.4, 0.5) is 9.93 Å². The Morgan fingerprint density at radius 1 is 1.76 bits per heavy atom. The van der Waals surface area contributed by atoms with Gasteiger partial charge < -0.3 is 10.0 Å². The Bertz CT molecular complexity index is 394. The van der Waals surface area contributed by atoms with Gasteiger partial charge in [-0.2, -0.15) is 0 Å². The van der Waals surface area contributed by atoms with Gasteiger partial charge in [0.05, 0.1) is 11.8 Å². The van der Waals surface area contributed by atoms with Crippen LogP contribution in [0.2, 0.25) is 0 Å². The van der Waals surface area contributed by atoms with Crippen LogP contribution in [0.1, 0.15) is 25.5 Å². The second kappa shape index (κ2) is 5.46. The van der Waals surface area contributed by atoms with Crippen molar-refractivity contribution in [2.75, 3.05) is 18.4 Å². The number of piperidine rings is 1. The predicted octanol–water partition coefficient (Wildman–Crippen LogP) is 1.69. The summed E-state index contributed by atoms with van der Waals surface area (Å²) in [5.41, 5.74) is 0.990. The normalized spacial score (nSPS) is 20.4. The fraction of sp³-hybridized carbons (Fsp3) is 0.636. The van der Waals surface area contributed by atoms with Crippen LogP contribution in [0.15, 0.2) is 5.38 Å². The van der Waals surface area contributed by atoms with Crippen LogP contribution < -0.4 is 5.32 Å². The highest BCUT2D eigenvalue weighted by molar-refractivity contribution is 7.13. The quantitative estimate of drug-likeness (QED) is 0.845. The molecule has 1 aliphatic heterocycles. The lowest BCUT2D eigenvalue weighted by molar-refractivity contribution is 0.0883. The molecule has 1 saturated heterocycles. The summed E-state index contributed by atoms with van der Waals surface area (Å²) in [5.74, 6) is 0. The maximum absolute atomic E-state index is 11.9. The van der Waals surface area contributed by atoms with Crippen molar-refractivity contribution >= 4 is 22.5 Å². The van der Waals surface area contributed by atoms with Gasteiger partial charge in [-0.3, -0.25) is 5.32 Å². The van der Waals surface area contributed by atoms with Crippen molar-refractivity contribution in [3.05, 3.63) is 11.1 Å². The SMILES string of the molecule is CCc1csc(NC(=O)N2CCCC(O)C2)n1. The minimum atomic E-state index is -0.392. The van der Waals surface area contributed by atoms with Crippen LogP contribution in [-0.4, -0.2) is 40.2 Å². The van der Waals surface area contributed by atoms with Gasteiger partial charge in [0.2, 0.25) is 0 Å². The summed E-state index contributed by atoms with van der Waals surface area (Å²) in [7, 11) is 0. The van der Waals surface area contributed by atoms with E-state index in [4.69, 9.17) is 0 Å². The van der Waals surface area contributed by atoms with E-state index >= 15 is 0 Å². The number of hydrogen-bond acceptors (Lipinski definition) is 4. The zero-order chi connectivity index (χ0) is 12.3. The van der Waals surface area contributed by atoms with Crippen LogP contribution in [0, 0.1) is 0 Å². The first-order valence-electron chi connectivity index (χ1n) is 5.87. The van der Waals surface area contributed by atoms with E-state index in [9.17, 15) is 9.90 Å². The summed E-state index contributed by atoms with van der Waals surface area (Å²) >= 11 is 1.44. The molecule has 2 N–H and O–H groups in total. The van der Waals surface area contributed by atoms with Crippen LogP contribution in [-0.2, 0) is 6.42 Å². The number of anilines is 1. The third-order valence-electron chi connectivity index (χ3n) is 2.81. The number of aliphatic hydroxyl groups excluding tert-OH is 1. The van der Waals surface area contributed by atoms with Crippen LogP contribution >= 0.6 is 11.3 Å². The van der Waals surface area contributed by atoms with Gasteiger partial charge in [-0.05, 0) is 19.3 Å². The topological polar surface area (TPSA) is 65.5 Å². The summed E-state index contributed by atoms with van der Waals surface area (Å²) in [5, 5.41) is 14.8. The van der Waals surface area contributed by atoms with E-state index in [2.05, 4.69) is 10.3 Å². The van der Waals surface area contributed by atoms with E-state index in [1.54, 1.807) is 4.90 Å². The first-order valence-corrected chi connectivity index (χ1v) is 6.75. The molecule has 1 fully saturated rings. The first-order chi connectivity index (χ1) is 8.19. The fourth-order valence-electron chi connectivity index (χ4n) is 1.84. The van der Waals surface area contributed by atoms with E-state index in [1.165, 1.54) is 11.3 Å². The summed E-state index contributed by atoms with van der Waals surface area (Å²) < 4.78 is 0. The number of carbonyl (C=O) groups is 1. The van der Waals surface area contributed by atoms with E-state index in [1.807, 2.05) is 12.3 Å². The second-order valence-corrected chi connectivity index (χ2v) is 5.03. The number of aliphatic hydroxyl groups is 1. The number of nitrogens with one attached hydrogen (secondary N) is 1. The van der Waals surface area contributed by atoms with E-state index in [-0.39, 0.29) is 6.03 Å². The molecule has 1 aliphatic rings. The van der Waals surface area contributed by atoms with E-state index in [0.29, 0.717) is 18.2 Å². The highest BCUT2D eigenvalue weighted by Crippen LogP contribution is 2.17. The fourth-order valence-corrected chi connectivity index (χ4v) is 2.62. The lowest BCUT2D eigenvalue weighted by Gasteiger charge is -2.29. The Hall–Kier alpha value is -1.14. The average molecular weight is 255 g/mol. The number of amides is 2.